The molecule has 1 N–H and O–H groups in total. The third-order valence-electron chi connectivity index (χ3n) is 5.23. The molecule has 30 heavy (non-hydrogen) atoms. The first-order valence-electron chi connectivity index (χ1n) is 10.2. The van der Waals surface area contributed by atoms with Crippen LogP contribution in [0.25, 0.3) is 10.9 Å². The van der Waals surface area contributed by atoms with Gasteiger partial charge < -0.3 is 15.1 Å². The molecule has 8 heteroatoms. The van der Waals surface area contributed by atoms with E-state index in [4.69, 9.17) is 9.97 Å². The largest absolute Gasteiger partial charge is 0.369 e. The van der Waals surface area contributed by atoms with E-state index in [0.717, 1.165) is 67.8 Å². The number of para-hydroxylation sites is 1. The maximum absolute atomic E-state index is 4.90. The van der Waals surface area contributed by atoms with E-state index in [1.807, 2.05) is 18.2 Å². The number of aromatic nitrogens is 4. The molecule has 0 aliphatic carbocycles. The minimum atomic E-state index is 0.779. The zero-order valence-corrected chi connectivity index (χ0v) is 17.4. The third-order valence-corrected chi connectivity index (χ3v) is 6.17. The highest BCUT2D eigenvalue weighted by Gasteiger charge is 2.21. The Morgan fingerprint density at radius 3 is 2.37 bits per heavy atom. The van der Waals surface area contributed by atoms with Crippen molar-refractivity contribution < 1.29 is 0 Å². The Balaban J connectivity index is 1.33. The summed E-state index contributed by atoms with van der Waals surface area (Å²) in [5.41, 5.74) is 0.968. The molecule has 3 aromatic heterocycles. The van der Waals surface area contributed by atoms with Crippen LogP contribution in [0.2, 0.25) is 0 Å². The van der Waals surface area contributed by atoms with Crippen LogP contribution >= 0.6 is 11.3 Å². The van der Waals surface area contributed by atoms with Crippen LogP contribution in [0.4, 0.5) is 17.7 Å². The van der Waals surface area contributed by atoms with Crippen LogP contribution in [-0.4, -0.2) is 52.7 Å². The second-order valence-corrected chi connectivity index (χ2v) is 8.20. The fraction of sp³-hybridized carbons (Fsp3) is 0.273. The number of hydrogen-bond donors (Lipinski definition) is 1. The van der Waals surface area contributed by atoms with E-state index in [-0.39, 0.29) is 0 Å². The van der Waals surface area contributed by atoms with Gasteiger partial charge >= 0.3 is 0 Å². The fourth-order valence-electron chi connectivity index (χ4n) is 3.66. The Hall–Kier alpha value is -3.26. The number of benzene rings is 1. The van der Waals surface area contributed by atoms with Crippen molar-refractivity contribution in [3.05, 3.63) is 65.1 Å². The van der Waals surface area contributed by atoms with Crippen LogP contribution < -0.4 is 15.1 Å². The van der Waals surface area contributed by atoms with Crippen molar-refractivity contribution in [3.63, 3.8) is 0 Å². The lowest BCUT2D eigenvalue weighted by Gasteiger charge is -2.34. The van der Waals surface area contributed by atoms with Crippen LogP contribution in [0.1, 0.15) is 4.88 Å². The number of hydrogen-bond acceptors (Lipinski definition) is 8. The van der Waals surface area contributed by atoms with Gasteiger partial charge in [-0.25, -0.2) is 15.0 Å². The van der Waals surface area contributed by atoms with Gasteiger partial charge in [0.1, 0.15) is 5.82 Å². The number of anilines is 3. The maximum atomic E-state index is 4.90. The molecule has 0 saturated carbocycles. The highest BCUT2D eigenvalue weighted by molar-refractivity contribution is 7.09. The van der Waals surface area contributed by atoms with E-state index in [2.05, 4.69) is 54.7 Å². The number of nitrogens with zero attached hydrogens (tertiary/aromatic N) is 6. The van der Waals surface area contributed by atoms with Crippen LogP contribution in [0.5, 0.6) is 0 Å². The minimum Gasteiger partial charge on any atom is -0.369 e. The lowest BCUT2D eigenvalue weighted by Crippen LogP contribution is -2.47. The van der Waals surface area contributed by atoms with Crippen molar-refractivity contribution in [1.82, 2.24) is 19.9 Å². The Kier molecular flexibility index (Phi) is 5.39. The van der Waals surface area contributed by atoms with Gasteiger partial charge in [0.25, 0.3) is 0 Å². The van der Waals surface area contributed by atoms with E-state index >= 15 is 0 Å². The average molecular weight is 418 g/mol. The molecule has 1 fully saturated rings. The van der Waals surface area contributed by atoms with Crippen LogP contribution in [-0.2, 0) is 6.42 Å². The molecule has 4 heterocycles. The number of nitrogens with one attached hydrogen (secondary N) is 1. The third kappa shape index (κ3) is 4.04. The molecule has 1 aromatic carbocycles. The van der Waals surface area contributed by atoms with Crippen molar-refractivity contribution in [1.29, 1.82) is 0 Å². The molecular formula is C22H23N7S. The van der Waals surface area contributed by atoms with E-state index in [1.54, 1.807) is 23.7 Å². The molecule has 1 aliphatic rings. The molecule has 0 amide bonds. The summed E-state index contributed by atoms with van der Waals surface area (Å²) in [5.74, 6) is 2.47. The molecular weight excluding hydrogens is 394 g/mol. The molecule has 1 saturated heterocycles. The predicted molar refractivity (Wildman–Crippen MR) is 123 cm³/mol. The topological polar surface area (TPSA) is 70.1 Å². The highest BCUT2D eigenvalue weighted by Crippen LogP contribution is 2.24. The van der Waals surface area contributed by atoms with Crippen LogP contribution in [0, 0.1) is 0 Å². The zero-order chi connectivity index (χ0) is 20.2. The molecule has 0 atom stereocenters. The molecule has 5 rings (SSSR count). The number of piperazine rings is 1. The highest BCUT2D eigenvalue weighted by atomic mass is 32.1. The van der Waals surface area contributed by atoms with E-state index in [9.17, 15) is 0 Å². The average Bonchev–Trinajstić information content (AvgIpc) is 3.33. The van der Waals surface area contributed by atoms with Crippen molar-refractivity contribution in [3.8, 4) is 0 Å². The van der Waals surface area contributed by atoms with Crippen molar-refractivity contribution in [2.75, 3.05) is 47.8 Å². The van der Waals surface area contributed by atoms with Gasteiger partial charge in [-0.1, -0.05) is 18.2 Å². The van der Waals surface area contributed by atoms with Gasteiger partial charge in [-0.3, -0.25) is 0 Å². The Labute approximate surface area is 179 Å². The molecule has 0 spiro atoms. The number of fused-ring (bicyclic) bond motifs is 1. The summed E-state index contributed by atoms with van der Waals surface area (Å²) >= 11 is 1.79. The van der Waals surface area contributed by atoms with E-state index in [1.165, 1.54) is 4.88 Å². The quantitative estimate of drug-likeness (QED) is 0.515. The minimum absolute atomic E-state index is 0.779. The predicted octanol–water partition coefficient (Wildman–Crippen LogP) is 3.46. The second-order valence-electron chi connectivity index (χ2n) is 7.17. The number of thiophene rings is 1. The molecule has 7 nitrogen and oxygen atoms in total. The first kappa shape index (κ1) is 18.7. The monoisotopic (exact) mass is 417 g/mol. The van der Waals surface area contributed by atoms with Gasteiger partial charge in [-0.05, 0) is 36.1 Å². The molecule has 0 bridgehead atoms. The summed E-state index contributed by atoms with van der Waals surface area (Å²) in [5, 5.41) is 6.72. The summed E-state index contributed by atoms with van der Waals surface area (Å²) in [6, 6.07) is 14.3. The van der Waals surface area contributed by atoms with Crippen molar-refractivity contribution in [2.45, 2.75) is 6.42 Å². The van der Waals surface area contributed by atoms with Crippen molar-refractivity contribution >= 4 is 40.0 Å². The van der Waals surface area contributed by atoms with Crippen LogP contribution in [0.3, 0.4) is 0 Å². The van der Waals surface area contributed by atoms with Gasteiger partial charge in [0.05, 0.1) is 5.52 Å². The van der Waals surface area contributed by atoms with E-state index < -0.39 is 0 Å². The summed E-state index contributed by atoms with van der Waals surface area (Å²) < 4.78 is 0. The summed E-state index contributed by atoms with van der Waals surface area (Å²) in [4.78, 5) is 24.3. The first-order valence-corrected chi connectivity index (χ1v) is 11.0. The summed E-state index contributed by atoms with van der Waals surface area (Å²) in [6.07, 6.45) is 4.56. The van der Waals surface area contributed by atoms with Crippen LogP contribution in [0.15, 0.2) is 60.2 Å². The normalized spacial score (nSPS) is 14.3. The molecule has 1 aliphatic heterocycles. The smallest absolute Gasteiger partial charge is 0.228 e. The number of rotatable bonds is 6. The lowest BCUT2D eigenvalue weighted by atomic mass is 10.2. The Morgan fingerprint density at radius 1 is 0.833 bits per heavy atom. The molecule has 152 valence electrons. The SMILES string of the molecule is c1cnc(N2CCN(c3nc(NCCc4cccs4)c4ccccc4n3)CC2)nc1. The second kappa shape index (κ2) is 8.62. The van der Waals surface area contributed by atoms with Gasteiger partial charge in [-0.15, -0.1) is 11.3 Å². The molecule has 0 radical (unpaired) electrons. The standard InChI is InChI=1S/C22H23N7S/c1-2-7-19-18(6-1)20(23-11-8-17-5-3-16-30-17)27-22(26-19)29-14-12-28(13-15-29)21-24-9-4-10-25-21/h1-7,9-10,16H,8,11-15H2,(H,23,26,27). The van der Waals surface area contributed by atoms with Gasteiger partial charge in [-0.2, -0.15) is 4.98 Å². The summed E-state index contributed by atoms with van der Waals surface area (Å²) in [7, 11) is 0. The van der Waals surface area contributed by atoms with E-state index in [0.29, 0.717) is 0 Å². The Bertz CT molecular complexity index is 1090. The fourth-order valence-corrected chi connectivity index (χ4v) is 4.37. The molecule has 4 aromatic rings. The zero-order valence-electron chi connectivity index (χ0n) is 16.6. The summed E-state index contributed by atoms with van der Waals surface area (Å²) in [6.45, 7) is 4.22. The first-order chi connectivity index (χ1) is 14.9. The Morgan fingerprint density at radius 2 is 1.60 bits per heavy atom. The maximum Gasteiger partial charge on any atom is 0.228 e. The van der Waals surface area contributed by atoms with Gasteiger partial charge in [0.15, 0.2) is 0 Å². The van der Waals surface area contributed by atoms with Crippen molar-refractivity contribution in [2.24, 2.45) is 0 Å². The van der Waals surface area contributed by atoms with Gasteiger partial charge in [0.2, 0.25) is 11.9 Å². The van der Waals surface area contributed by atoms with Gasteiger partial charge in [0, 0.05) is 55.4 Å². The lowest BCUT2D eigenvalue weighted by molar-refractivity contribution is 0.629. The molecule has 0 unspecified atom stereocenters.